The van der Waals surface area contributed by atoms with Crippen LogP contribution < -0.4 is 10.6 Å². The molecular weight excluding hydrogens is 328 g/mol. The van der Waals surface area contributed by atoms with Crippen LogP contribution in [0.3, 0.4) is 0 Å². The highest BCUT2D eigenvalue weighted by Crippen LogP contribution is 2.24. The van der Waals surface area contributed by atoms with Gasteiger partial charge < -0.3 is 10.6 Å². The third kappa shape index (κ3) is 4.61. The highest BCUT2D eigenvalue weighted by Gasteiger charge is 2.29. The molecule has 2 N–H and O–H groups in total. The quantitative estimate of drug-likeness (QED) is 0.638. The van der Waals surface area contributed by atoms with Crippen LogP contribution >= 0.6 is 11.3 Å². The fourth-order valence-corrected chi connectivity index (χ4v) is 3.87. The first-order valence-corrected chi connectivity index (χ1v) is 9.75. The van der Waals surface area contributed by atoms with E-state index in [1.807, 2.05) is 7.05 Å². The molecule has 25 heavy (non-hydrogen) atoms. The number of nitrogens with zero attached hydrogens (tertiary/aromatic N) is 2. The first-order chi connectivity index (χ1) is 12.1. The van der Waals surface area contributed by atoms with Crippen molar-refractivity contribution in [2.45, 2.75) is 38.9 Å². The average Bonchev–Trinajstić information content (AvgIpc) is 3.15. The SMILES string of the molecule is CN=C(NCc1cccs1)NCC(C)(C)N1CCc2ccccc2C1. The minimum atomic E-state index is 0.0636. The molecule has 2 heterocycles. The lowest BCUT2D eigenvalue weighted by atomic mass is 9.94. The molecule has 0 aliphatic carbocycles. The maximum Gasteiger partial charge on any atom is 0.191 e. The minimum absolute atomic E-state index is 0.0636. The number of rotatable bonds is 5. The fraction of sp³-hybridized carbons (Fsp3) is 0.450. The number of hydrogen-bond donors (Lipinski definition) is 2. The van der Waals surface area contributed by atoms with Crippen LogP contribution in [0.4, 0.5) is 0 Å². The van der Waals surface area contributed by atoms with Gasteiger partial charge in [-0.2, -0.15) is 0 Å². The van der Waals surface area contributed by atoms with Gasteiger partial charge in [-0.1, -0.05) is 30.3 Å². The predicted octanol–water partition coefficient (Wildman–Crippen LogP) is 3.25. The Morgan fingerprint density at radius 1 is 1.16 bits per heavy atom. The summed E-state index contributed by atoms with van der Waals surface area (Å²) >= 11 is 1.76. The summed E-state index contributed by atoms with van der Waals surface area (Å²) in [6.45, 7) is 8.41. The Bertz CT molecular complexity index is 706. The zero-order valence-corrected chi connectivity index (χ0v) is 16.2. The Morgan fingerprint density at radius 2 is 1.96 bits per heavy atom. The van der Waals surface area contributed by atoms with Crippen molar-refractivity contribution in [2.24, 2.45) is 4.99 Å². The van der Waals surface area contributed by atoms with E-state index in [-0.39, 0.29) is 5.54 Å². The van der Waals surface area contributed by atoms with Gasteiger partial charge >= 0.3 is 0 Å². The zero-order chi connectivity index (χ0) is 17.7. The number of nitrogens with one attached hydrogen (secondary N) is 2. The standard InChI is InChI=1S/C20H28N4S/c1-20(2,24-11-10-16-7-4-5-8-17(16)14-24)15-23-19(21-3)22-13-18-9-6-12-25-18/h4-9,12H,10-11,13-15H2,1-3H3,(H2,21,22,23). The molecule has 134 valence electrons. The second kappa shape index (κ2) is 8.02. The molecule has 0 atom stereocenters. The first kappa shape index (κ1) is 18.0. The molecule has 1 aromatic carbocycles. The topological polar surface area (TPSA) is 39.7 Å². The lowest BCUT2D eigenvalue weighted by molar-refractivity contribution is 0.107. The minimum Gasteiger partial charge on any atom is -0.355 e. The van der Waals surface area contributed by atoms with Crippen molar-refractivity contribution in [3.8, 4) is 0 Å². The Morgan fingerprint density at radius 3 is 2.68 bits per heavy atom. The molecule has 5 heteroatoms. The summed E-state index contributed by atoms with van der Waals surface area (Å²) in [5.74, 6) is 0.860. The van der Waals surface area contributed by atoms with Crippen LogP contribution in [0.1, 0.15) is 29.9 Å². The van der Waals surface area contributed by atoms with Gasteiger partial charge in [0.2, 0.25) is 0 Å². The maximum atomic E-state index is 4.35. The van der Waals surface area contributed by atoms with Crippen LogP contribution in [-0.4, -0.2) is 36.5 Å². The van der Waals surface area contributed by atoms with Gasteiger partial charge in [-0.3, -0.25) is 9.89 Å². The number of hydrogen-bond acceptors (Lipinski definition) is 3. The van der Waals surface area contributed by atoms with Crippen LogP contribution in [0.15, 0.2) is 46.8 Å². The summed E-state index contributed by atoms with van der Waals surface area (Å²) in [5.41, 5.74) is 3.02. The first-order valence-electron chi connectivity index (χ1n) is 8.87. The lowest BCUT2D eigenvalue weighted by Crippen LogP contribution is -2.54. The summed E-state index contributed by atoms with van der Waals surface area (Å²) in [5, 5.41) is 8.99. The summed E-state index contributed by atoms with van der Waals surface area (Å²) < 4.78 is 0. The molecule has 0 saturated heterocycles. The van der Waals surface area contributed by atoms with Gasteiger partial charge in [0.1, 0.15) is 0 Å². The van der Waals surface area contributed by atoms with Gasteiger partial charge in [0.25, 0.3) is 0 Å². The molecule has 0 fully saturated rings. The summed E-state index contributed by atoms with van der Waals surface area (Å²) in [4.78, 5) is 8.23. The van der Waals surface area contributed by atoms with Gasteiger partial charge in [0.15, 0.2) is 5.96 Å². The molecule has 1 aliphatic rings. The van der Waals surface area contributed by atoms with Gasteiger partial charge in [0, 0.05) is 37.1 Å². The second-order valence-electron chi connectivity index (χ2n) is 7.11. The number of guanidine groups is 1. The van der Waals surface area contributed by atoms with E-state index in [0.29, 0.717) is 0 Å². The van der Waals surface area contributed by atoms with E-state index in [1.54, 1.807) is 11.3 Å². The summed E-state index contributed by atoms with van der Waals surface area (Å²) in [6, 6.07) is 13.0. The van der Waals surface area contributed by atoms with Crippen molar-refractivity contribution in [1.29, 1.82) is 0 Å². The molecule has 0 amide bonds. The summed E-state index contributed by atoms with van der Waals surface area (Å²) in [6.07, 6.45) is 1.13. The molecule has 3 rings (SSSR count). The van der Waals surface area contributed by atoms with Crippen LogP contribution in [-0.2, 0) is 19.5 Å². The highest BCUT2D eigenvalue weighted by molar-refractivity contribution is 7.09. The third-order valence-corrected chi connectivity index (χ3v) is 5.79. The Labute approximate surface area is 155 Å². The fourth-order valence-electron chi connectivity index (χ4n) is 3.23. The van der Waals surface area contributed by atoms with E-state index >= 15 is 0 Å². The highest BCUT2D eigenvalue weighted by atomic mass is 32.1. The smallest absolute Gasteiger partial charge is 0.191 e. The van der Waals surface area contributed by atoms with Crippen LogP contribution in [0.25, 0.3) is 0 Å². The Hall–Kier alpha value is -1.85. The molecule has 1 aromatic heterocycles. The van der Waals surface area contributed by atoms with Gasteiger partial charge in [-0.05, 0) is 42.8 Å². The summed E-state index contributed by atoms with van der Waals surface area (Å²) in [7, 11) is 1.83. The molecule has 0 saturated carbocycles. The van der Waals surface area contributed by atoms with Gasteiger partial charge in [-0.25, -0.2) is 0 Å². The van der Waals surface area contributed by atoms with Crippen molar-refractivity contribution in [3.05, 3.63) is 57.8 Å². The van der Waals surface area contributed by atoms with E-state index in [2.05, 4.69) is 76.2 Å². The van der Waals surface area contributed by atoms with E-state index in [4.69, 9.17) is 0 Å². The van der Waals surface area contributed by atoms with Crippen molar-refractivity contribution in [1.82, 2.24) is 15.5 Å². The lowest BCUT2D eigenvalue weighted by Gasteiger charge is -2.42. The predicted molar refractivity (Wildman–Crippen MR) is 107 cm³/mol. The van der Waals surface area contributed by atoms with Crippen LogP contribution in [0.5, 0.6) is 0 Å². The second-order valence-corrected chi connectivity index (χ2v) is 8.14. The van der Waals surface area contributed by atoms with Gasteiger partial charge in [0.05, 0.1) is 6.54 Å². The van der Waals surface area contributed by atoms with Crippen LogP contribution in [0, 0.1) is 0 Å². The van der Waals surface area contributed by atoms with E-state index < -0.39 is 0 Å². The number of fused-ring (bicyclic) bond motifs is 1. The van der Waals surface area contributed by atoms with Gasteiger partial charge in [-0.15, -0.1) is 11.3 Å². The molecule has 1 aliphatic heterocycles. The van der Waals surface area contributed by atoms with Crippen molar-refractivity contribution >= 4 is 17.3 Å². The van der Waals surface area contributed by atoms with Crippen LogP contribution in [0.2, 0.25) is 0 Å². The maximum absolute atomic E-state index is 4.35. The number of thiophene rings is 1. The average molecular weight is 357 g/mol. The Balaban J connectivity index is 1.54. The molecule has 2 aromatic rings. The number of aliphatic imine (C=N–C) groups is 1. The molecule has 0 spiro atoms. The monoisotopic (exact) mass is 356 g/mol. The normalized spacial score (nSPS) is 15.7. The molecule has 0 bridgehead atoms. The molecule has 0 unspecified atom stereocenters. The number of benzene rings is 1. The molecule has 4 nitrogen and oxygen atoms in total. The third-order valence-electron chi connectivity index (χ3n) is 4.91. The van der Waals surface area contributed by atoms with Crippen molar-refractivity contribution in [2.75, 3.05) is 20.1 Å². The molecular formula is C20H28N4S. The van der Waals surface area contributed by atoms with E-state index in [1.165, 1.54) is 16.0 Å². The van der Waals surface area contributed by atoms with E-state index in [0.717, 1.165) is 38.6 Å². The molecule has 0 radical (unpaired) electrons. The largest absolute Gasteiger partial charge is 0.355 e. The van der Waals surface area contributed by atoms with Crippen molar-refractivity contribution < 1.29 is 0 Å². The van der Waals surface area contributed by atoms with E-state index in [9.17, 15) is 0 Å². The Kier molecular flexibility index (Phi) is 5.76. The zero-order valence-electron chi connectivity index (χ0n) is 15.4. The van der Waals surface area contributed by atoms with Crippen molar-refractivity contribution in [3.63, 3.8) is 0 Å².